The lowest BCUT2D eigenvalue weighted by Crippen LogP contribution is -2.25. The molecule has 1 heterocycles. The Balaban J connectivity index is 1.83. The monoisotopic (exact) mass is 457 g/mol. The van der Waals surface area contributed by atoms with E-state index in [4.69, 9.17) is 26.3 Å². The van der Waals surface area contributed by atoms with E-state index >= 15 is 0 Å². The fourth-order valence-corrected chi connectivity index (χ4v) is 3.58. The molecule has 3 rings (SSSR count). The van der Waals surface area contributed by atoms with Gasteiger partial charge >= 0.3 is 0 Å². The first-order valence-corrected chi connectivity index (χ1v) is 10.6. The number of aromatic nitrogens is 3. The number of hydrogen-bond acceptors (Lipinski definition) is 7. The van der Waals surface area contributed by atoms with Gasteiger partial charge in [-0.1, -0.05) is 29.4 Å². The van der Waals surface area contributed by atoms with Crippen LogP contribution in [-0.2, 0) is 11.4 Å². The molecular weight excluding hydrogens is 438 g/mol. The second kappa shape index (κ2) is 10.7. The van der Waals surface area contributed by atoms with Gasteiger partial charge in [0.1, 0.15) is 24.7 Å². The molecule has 160 valence electrons. The second-order valence-electron chi connectivity index (χ2n) is 6.36. The maximum absolute atomic E-state index is 11.9. The predicted octanol–water partition coefficient (Wildman–Crippen LogP) is 3.55. The number of benzene rings is 2. The summed E-state index contributed by atoms with van der Waals surface area (Å²) < 4.78 is 12.8. The van der Waals surface area contributed by atoms with E-state index in [0.29, 0.717) is 21.8 Å². The minimum Gasteiger partial charge on any atom is -0.497 e. The second-order valence-corrected chi connectivity index (χ2v) is 7.71. The lowest BCUT2D eigenvalue weighted by atomic mass is 10.2. The van der Waals surface area contributed by atoms with Crippen LogP contribution in [0, 0.1) is 18.3 Å². The smallest absolute Gasteiger partial charge is 0.231 e. The van der Waals surface area contributed by atoms with Crippen LogP contribution in [0.15, 0.2) is 47.6 Å². The third-order valence-corrected chi connectivity index (χ3v) is 5.57. The molecule has 1 aromatic heterocycles. The van der Waals surface area contributed by atoms with Gasteiger partial charge < -0.3 is 14.8 Å². The number of rotatable bonds is 9. The molecule has 2 aromatic carbocycles. The van der Waals surface area contributed by atoms with E-state index in [2.05, 4.69) is 15.5 Å². The van der Waals surface area contributed by atoms with Crippen LogP contribution in [0.3, 0.4) is 0 Å². The van der Waals surface area contributed by atoms with Crippen molar-refractivity contribution in [3.05, 3.63) is 58.9 Å². The number of carbonyl (C=O) groups is 1. The summed E-state index contributed by atoms with van der Waals surface area (Å²) in [5.41, 5.74) is 1.70. The number of halogens is 1. The summed E-state index contributed by atoms with van der Waals surface area (Å²) in [6.07, 6.45) is 0. The molecular formula is C21H20ClN5O3S. The quantitative estimate of drug-likeness (QED) is 0.387. The van der Waals surface area contributed by atoms with Crippen LogP contribution in [-0.4, -0.2) is 40.1 Å². The maximum Gasteiger partial charge on any atom is 0.231 e. The minimum atomic E-state index is -0.265. The van der Waals surface area contributed by atoms with Crippen molar-refractivity contribution in [1.29, 1.82) is 5.26 Å². The number of amides is 1. The van der Waals surface area contributed by atoms with Gasteiger partial charge in [0.05, 0.1) is 24.6 Å². The highest BCUT2D eigenvalue weighted by Crippen LogP contribution is 2.26. The van der Waals surface area contributed by atoms with Crippen molar-refractivity contribution < 1.29 is 14.3 Å². The lowest BCUT2D eigenvalue weighted by Gasteiger charge is -2.12. The number of nitriles is 1. The predicted molar refractivity (Wildman–Crippen MR) is 118 cm³/mol. The molecule has 1 N–H and O–H groups in total. The van der Waals surface area contributed by atoms with Crippen molar-refractivity contribution in [2.45, 2.75) is 18.7 Å². The number of nitrogens with one attached hydrogen (secondary N) is 1. The van der Waals surface area contributed by atoms with Crippen molar-refractivity contribution in [2.75, 3.05) is 19.4 Å². The molecule has 10 heteroatoms. The molecule has 0 aliphatic heterocycles. The van der Waals surface area contributed by atoms with E-state index in [0.717, 1.165) is 17.0 Å². The SMILES string of the molecule is COc1ccc(OCc2nnc(SCC(=O)NCC#N)n2-c2ccc(C)c(Cl)c2)cc1. The summed E-state index contributed by atoms with van der Waals surface area (Å²) in [4.78, 5) is 11.9. The zero-order chi connectivity index (χ0) is 22.2. The van der Waals surface area contributed by atoms with Gasteiger partial charge in [0.2, 0.25) is 5.91 Å². The van der Waals surface area contributed by atoms with E-state index in [-0.39, 0.29) is 24.8 Å². The summed E-state index contributed by atoms with van der Waals surface area (Å²) in [6.45, 7) is 2.04. The molecule has 1 amide bonds. The van der Waals surface area contributed by atoms with Crippen LogP contribution >= 0.6 is 23.4 Å². The van der Waals surface area contributed by atoms with Crippen molar-refractivity contribution in [1.82, 2.24) is 20.1 Å². The third-order valence-electron chi connectivity index (χ3n) is 4.24. The molecule has 0 aliphatic rings. The van der Waals surface area contributed by atoms with Gasteiger partial charge in [0, 0.05) is 5.02 Å². The molecule has 0 fully saturated rings. The number of nitrogens with zero attached hydrogens (tertiary/aromatic N) is 4. The Morgan fingerprint density at radius 2 is 1.97 bits per heavy atom. The van der Waals surface area contributed by atoms with Gasteiger partial charge in [-0.25, -0.2) is 0 Å². The fourth-order valence-electron chi connectivity index (χ4n) is 2.61. The van der Waals surface area contributed by atoms with Crippen LogP contribution < -0.4 is 14.8 Å². The van der Waals surface area contributed by atoms with E-state index in [9.17, 15) is 4.79 Å². The summed E-state index contributed by atoms with van der Waals surface area (Å²) in [5, 5.41) is 20.7. The summed E-state index contributed by atoms with van der Waals surface area (Å²) in [7, 11) is 1.60. The Morgan fingerprint density at radius 3 is 2.65 bits per heavy atom. The van der Waals surface area contributed by atoms with E-state index in [1.54, 1.807) is 35.9 Å². The first-order chi connectivity index (χ1) is 15.0. The van der Waals surface area contributed by atoms with Crippen molar-refractivity contribution in [2.24, 2.45) is 0 Å². The number of methoxy groups -OCH3 is 1. The highest BCUT2D eigenvalue weighted by Gasteiger charge is 2.17. The Bertz CT molecular complexity index is 1100. The molecule has 0 saturated heterocycles. The Kier molecular flexibility index (Phi) is 7.76. The normalized spacial score (nSPS) is 10.4. The molecule has 3 aromatic rings. The topological polar surface area (TPSA) is 102 Å². The van der Waals surface area contributed by atoms with Gasteiger partial charge in [0.15, 0.2) is 11.0 Å². The van der Waals surface area contributed by atoms with E-state index < -0.39 is 0 Å². The number of hydrogen-bond donors (Lipinski definition) is 1. The van der Waals surface area contributed by atoms with Crippen LogP contribution in [0.25, 0.3) is 5.69 Å². The van der Waals surface area contributed by atoms with E-state index in [1.807, 2.05) is 31.2 Å². The Morgan fingerprint density at radius 1 is 1.23 bits per heavy atom. The summed E-state index contributed by atoms with van der Waals surface area (Å²) in [6, 6.07) is 14.7. The van der Waals surface area contributed by atoms with Gasteiger partial charge in [-0.05, 0) is 48.9 Å². The van der Waals surface area contributed by atoms with Crippen LogP contribution in [0.1, 0.15) is 11.4 Å². The third kappa shape index (κ3) is 5.90. The molecule has 0 unspecified atom stereocenters. The molecule has 0 radical (unpaired) electrons. The highest BCUT2D eigenvalue weighted by molar-refractivity contribution is 7.99. The van der Waals surface area contributed by atoms with Gasteiger partial charge in [-0.15, -0.1) is 10.2 Å². The molecule has 0 bridgehead atoms. The molecule has 0 saturated carbocycles. The largest absolute Gasteiger partial charge is 0.497 e. The molecule has 0 spiro atoms. The zero-order valence-corrected chi connectivity index (χ0v) is 18.5. The van der Waals surface area contributed by atoms with Crippen LogP contribution in [0.4, 0.5) is 0 Å². The number of thioether (sulfide) groups is 1. The lowest BCUT2D eigenvalue weighted by molar-refractivity contribution is -0.118. The van der Waals surface area contributed by atoms with Gasteiger partial charge in [0.25, 0.3) is 0 Å². The average Bonchev–Trinajstić information content (AvgIpc) is 3.19. The summed E-state index contributed by atoms with van der Waals surface area (Å²) in [5.74, 6) is 1.77. The minimum absolute atomic E-state index is 0.0411. The van der Waals surface area contributed by atoms with Gasteiger partial charge in [-0.3, -0.25) is 9.36 Å². The average molecular weight is 458 g/mol. The van der Waals surface area contributed by atoms with Crippen molar-refractivity contribution >= 4 is 29.3 Å². The summed E-state index contributed by atoms with van der Waals surface area (Å²) >= 11 is 7.53. The zero-order valence-electron chi connectivity index (χ0n) is 17.0. The molecule has 8 nitrogen and oxygen atoms in total. The fraction of sp³-hybridized carbons (Fsp3) is 0.238. The Hall–Kier alpha value is -3.22. The van der Waals surface area contributed by atoms with Crippen LogP contribution in [0.2, 0.25) is 5.02 Å². The number of carbonyl (C=O) groups excluding carboxylic acids is 1. The maximum atomic E-state index is 11.9. The highest BCUT2D eigenvalue weighted by atomic mass is 35.5. The first-order valence-electron chi connectivity index (χ1n) is 9.26. The molecule has 31 heavy (non-hydrogen) atoms. The molecule has 0 aliphatic carbocycles. The van der Waals surface area contributed by atoms with E-state index in [1.165, 1.54) is 11.8 Å². The van der Waals surface area contributed by atoms with Gasteiger partial charge in [-0.2, -0.15) is 5.26 Å². The van der Waals surface area contributed by atoms with Crippen LogP contribution in [0.5, 0.6) is 11.5 Å². The molecule has 0 atom stereocenters. The van der Waals surface area contributed by atoms with Crippen molar-refractivity contribution in [3.63, 3.8) is 0 Å². The number of ether oxygens (including phenoxy) is 2. The number of aryl methyl sites for hydroxylation is 1. The Labute approximate surface area is 189 Å². The first kappa shape index (κ1) is 22.5. The standard InChI is InChI=1S/C21H20ClN5O3S/c1-14-3-4-15(11-18(14)22)27-19(12-30-17-7-5-16(29-2)6-8-17)25-26-21(27)31-13-20(28)24-10-9-23/h3-8,11H,10,12-13H2,1-2H3,(H,24,28). The van der Waals surface area contributed by atoms with Crippen molar-refractivity contribution in [3.8, 4) is 23.3 Å².